The first-order valence-corrected chi connectivity index (χ1v) is 8.19. The molecule has 0 spiro atoms. The van der Waals surface area contributed by atoms with E-state index < -0.39 is 9.84 Å². The predicted octanol–water partition coefficient (Wildman–Crippen LogP) is 1.97. The molecule has 0 bridgehead atoms. The van der Waals surface area contributed by atoms with E-state index in [0.29, 0.717) is 12.3 Å². The molecule has 2 rings (SSSR count). The fourth-order valence-corrected chi connectivity index (χ4v) is 4.25. The number of hydrogen-bond acceptors (Lipinski definition) is 3. The summed E-state index contributed by atoms with van der Waals surface area (Å²) in [5.41, 5.74) is 3.75. The minimum Gasteiger partial charge on any atom is -0.311 e. The molecule has 100 valence electrons. The monoisotopic (exact) mass is 267 g/mol. The number of rotatable bonds is 4. The maximum atomic E-state index is 11.7. The summed E-state index contributed by atoms with van der Waals surface area (Å²) >= 11 is 0. The first kappa shape index (κ1) is 13.6. The van der Waals surface area contributed by atoms with Crippen LogP contribution in [-0.4, -0.2) is 26.0 Å². The largest absolute Gasteiger partial charge is 0.311 e. The zero-order chi connectivity index (χ0) is 13.2. The van der Waals surface area contributed by atoms with E-state index in [4.69, 9.17) is 0 Å². The van der Waals surface area contributed by atoms with Crippen LogP contribution in [0.3, 0.4) is 0 Å². The van der Waals surface area contributed by atoms with Crippen molar-refractivity contribution in [1.82, 2.24) is 5.32 Å². The van der Waals surface area contributed by atoms with Crippen LogP contribution in [0.5, 0.6) is 0 Å². The van der Waals surface area contributed by atoms with Crippen molar-refractivity contribution in [3.63, 3.8) is 0 Å². The number of sulfone groups is 1. The maximum absolute atomic E-state index is 11.7. The number of aryl methyl sites for hydroxylation is 2. The molecule has 0 saturated carbocycles. The number of nitrogens with one attached hydrogen (secondary N) is 1. The highest BCUT2D eigenvalue weighted by molar-refractivity contribution is 7.92. The summed E-state index contributed by atoms with van der Waals surface area (Å²) in [4.78, 5) is 0. The second-order valence-corrected chi connectivity index (χ2v) is 7.59. The molecule has 1 heterocycles. The highest BCUT2D eigenvalue weighted by Crippen LogP contribution is 2.19. The highest BCUT2D eigenvalue weighted by atomic mass is 32.2. The Bertz CT molecular complexity index is 523. The van der Waals surface area contributed by atoms with Gasteiger partial charge in [-0.15, -0.1) is 0 Å². The van der Waals surface area contributed by atoms with Gasteiger partial charge >= 0.3 is 0 Å². The van der Waals surface area contributed by atoms with Gasteiger partial charge in [-0.05, 0) is 37.8 Å². The van der Waals surface area contributed by atoms with E-state index in [2.05, 4.69) is 37.4 Å². The van der Waals surface area contributed by atoms with E-state index in [0.717, 1.165) is 19.4 Å². The van der Waals surface area contributed by atoms with Crippen LogP contribution in [0, 0.1) is 13.8 Å². The summed E-state index contributed by atoms with van der Waals surface area (Å²) in [6, 6.07) is 6.37. The van der Waals surface area contributed by atoms with E-state index in [9.17, 15) is 8.42 Å². The third-order valence-electron chi connectivity index (χ3n) is 3.65. The topological polar surface area (TPSA) is 46.2 Å². The molecule has 1 aromatic carbocycles. The van der Waals surface area contributed by atoms with Crippen molar-refractivity contribution in [2.75, 3.05) is 12.3 Å². The Kier molecular flexibility index (Phi) is 4.07. The summed E-state index contributed by atoms with van der Waals surface area (Å²) in [7, 11) is -2.82. The van der Waals surface area contributed by atoms with E-state index in [1.165, 1.54) is 16.7 Å². The van der Waals surface area contributed by atoms with Crippen LogP contribution in [0.2, 0.25) is 0 Å². The Morgan fingerprint density at radius 1 is 1.33 bits per heavy atom. The smallest absolute Gasteiger partial charge is 0.154 e. The molecule has 1 fully saturated rings. The number of hydrogen-bond donors (Lipinski definition) is 1. The van der Waals surface area contributed by atoms with Crippen LogP contribution in [-0.2, 0) is 16.4 Å². The van der Waals surface area contributed by atoms with Crippen molar-refractivity contribution < 1.29 is 8.42 Å². The minimum atomic E-state index is -2.82. The van der Waals surface area contributed by atoms with Crippen molar-refractivity contribution in [3.8, 4) is 0 Å². The molecule has 1 atom stereocenters. The summed E-state index contributed by atoms with van der Waals surface area (Å²) in [5, 5.41) is 3.11. The summed E-state index contributed by atoms with van der Waals surface area (Å²) in [5.74, 6) is 0.364. The minimum absolute atomic E-state index is 0.178. The van der Waals surface area contributed by atoms with E-state index in [1.54, 1.807) is 0 Å². The zero-order valence-electron chi connectivity index (χ0n) is 11.1. The number of benzene rings is 1. The normalized spacial score (nSPS) is 22.2. The molecule has 0 amide bonds. The summed E-state index contributed by atoms with van der Waals surface area (Å²) < 4.78 is 23.4. The standard InChI is InChI=1S/C14H21NO2S/c1-11-5-6-12(2)13(8-11)9-15-10-14-4-3-7-18(14,16)17/h5-6,8,14-15H,3-4,7,9-10H2,1-2H3. The average Bonchev–Trinajstić information content (AvgIpc) is 2.63. The van der Waals surface area contributed by atoms with Crippen LogP contribution >= 0.6 is 0 Å². The van der Waals surface area contributed by atoms with Crippen LogP contribution in [0.1, 0.15) is 29.5 Å². The molecule has 1 N–H and O–H groups in total. The molecular weight excluding hydrogens is 246 g/mol. The lowest BCUT2D eigenvalue weighted by molar-refractivity contribution is 0.573. The Morgan fingerprint density at radius 3 is 2.78 bits per heavy atom. The van der Waals surface area contributed by atoms with Crippen LogP contribution in [0.15, 0.2) is 18.2 Å². The van der Waals surface area contributed by atoms with Gasteiger partial charge in [-0.3, -0.25) is 0 Å². The van der Waals surface area contributed by atoms with Gasteiger partial charge in [-0.1, -0.05) is 23.8 Å². The molecule has 1 unspecified atom stereocenters. The lowest BCUT2D eigenvalue weighted by Crippen LogP contribution is -2.30. The molecular formula is C14H21NO2S. The van der Waals surface area contributed by atoms with Gasteiger partial charge in [0, 0.05) is 13.1 Å². The van der Waals surface area contributed by atoms with Crippen molar-refractivity contribution >= 4 is 9.84 Å². The molecule has 1 aromatic rings. The third kappa shape index (κ3) is 3.12. The van der Waals surface area contributed by atoms with Gasteiger partial charge in [0.2, 0.25) is 0 Å². The summed E-state index contributed by atoms with van der Waals surface area (Å²) in [6.07, 6.45) is 1.63. The van der Waals surface area contributed by atoms with Gasteiger partial charge in [0.15, 0.2) is 9.84 Å². The van der Waals surface area contributed by atoms with Crippen molar-refractivity contribution in [2.24, 2.45) is 0 Å². The SMILES string of the molecule is Cc1ccc(C)c(CNCC2CCCS2(=O)=O)c1. The van der Waals surface area contributed by atoms with Crippen molar-refractivity contribution in [2.45, 2.75) is 38.5 Å². The molecule has 1 aliphatic rings. The van der Waals surface area contributed by atoms with Crippen LogP contribution in [0.25, 0.3) is 0 Å². The lowest BCUT2D eigenvalue weighted by atomic mass is 10.1. The van der Waals surface area contributed by atoms with Gasteiger partial charge < -0.3 is 5.32 Å². The Hall–Kier alpha value is -0.870. The van der Waals surface area contributed by atoms with Gasteiger partial charge in [0.1, 0.15) is 0 Å². The van der Waals surface area contributed by atoms with E-state index in [-0.39, 0.29) is 5.25 Å². The van der Waals surface area contributed by atoms with Gasteiger partial charge in [0.25, 0.3) is 0 Å². The van der Waals surface area contributed by atoms with E-state index >= 15 is 0 Å². The molecule has 3 nitrogen and oxygen atoms in total. The molecule has 0 aliphatic carbocycles. The summed E-state index contributed by atoms with van der Waals surface area (Å²) in [6.45, 7) is 5.49. The molecule has 1 saturated heterocycles. The quantitative estimate of drug-likeness (QED) is 0.907. The molecule has 18 heavy (non-hydrogen) atoms. The lowest BCUT2D eigenvalue weighted by Gasteiger charge is -2.12. The molecule has 0 radical (unpaired) electrons. The Morgan fingerprint density at radius 2 is 2.11 bits per heavy atom. The Balaban J connectivity index is 1.91. The Labute approximate surface area is 110 Å². The average molecular weight is 267 g/mol. The van der Waals surface area contributed by atoms with Crippen LogP contribution in [0.4, 0.5) is 0 Å². The molecule has 0 aromatic heterocycles. The first-order valence-electron chi connectivity index (χ1n) is 6.47. The van der Waals surface area contributed by atoms with Crippen molar-refractivity contribution in [3.05, 3.63) is 34.9 Å². The third-order valence-corrected chi connectivity index (χ3v) is 5.93. The fourth-order valence-electron chi connectivity index (χ4n) is 2.45. The fraction of sp³-hybridized carbons (Fsp3) is 0.571. The van der Waals surface area contributed by atoms with Crippen LogP contribution < -0.4 is 5.32 Å². The van der Waals surface area contributed by atoms with Gasteiger partial charge in [-0.25, -0.2) is 8.42 Å². The predicted molar refractivity (Wildman–Crippen MR) is 74.4 cm³/mol. The van der Waals surface area contributed by atoms with Gasteiger partial charge in [0.05, 0.1) is 11.0 Å². The molecule has 4 heteroatoms. The maximum Gasteiger partial charge on any atom is 0.154 e. The second kappa shape index (κ2) is 5.41. The van der Waals surface area contributed by atoms with E-state index in [1.807, 2.05) is 0 Å². The highest BCUT2D eigenvalue weighted by Gasteiger charge is 2.30. The van der Waals surface area contributed by atoms with Gasteiger partial charge in [-0.2, -0.15) is 0 Å². The zero-order valence-corrected chi connectivity index (χ0v) is 11.9. The first-order chi connectivity index (χ1) is 8.49. The van der Waals surface area contributed by atoms with Crippen molar-refractivity contribution in [1.29, 1.82) is 0 Å². The second-order valence-electron chi connectivity index (χ2n) is 5.19. The molecule has 1 aliphatic heterocycles.